The van der Waals surface area contributed by atoms with Crippen molar-refractivity contribution < 1.29 is 14.3 Å². The van der Waals surface area contributed by atoms with Crippen LogP contribution in [0.5, 0.6) is 5.75 Å². The highest BCUT2D eigenvalue weighted by Crippen LogP contribution is 2.33. The first-order valence-corrected chi connectivity index (χ1v) is 10.3. The van der Waals surface area contributed by atoms with Gasteiger partial charge < -0.3 is 14.5 Å². The Hall–Kier alpha value is -2.89. The Morgan fingerprint density at radius 2 is 1.90 bits per heavy atom. The molecule has 6 nitrogen and oxygen atoms in total. The molecule has 2 fully saturated rings. The lowest BCUT2D eigenvalue weighted by atomic mass is 9.82. The summed E-state index contributed by atoms with van der Waals surface area (Å²) < 4.78 is 5.62. The summed E-state index contributed by atoms with van der Waals surface area (Å²) in [5, 5.41) is 0. The number of fused-ring (bicyclic) bond motifs is 1. The van der Waals surface area contributed by atoms with Gasteiger partial charge in [-0.05, 0) is 48.4 Å². The number of nitrogens with zero attached hydrogens (tertiary/aromatic N) is 3. The molecule has 2 amide bonds. The molecule has 4 rings (SSSR count). The Morgan fingerprint density at radius 3 is 2.69 bits per heavy atom. The first-order valence-electron chi connectivity index (χ1n) is 10.3. The molecule has 2 atom stereocenters. The van der Waals surface area contributed by atoms with Gasteiger partial charge in [-0.3, -0.25) is 14.6 Å². The van der Waals surface area contributed by atoms with E-state index in [0.717, 1.165) is 31.5 Å². The van der Waals surface area contributed by atoms with Crippen LogP contribution in [-0.2, 0) is 16.1 Å². The normalized spacial score (nSPS) is 22.0. The third-order valence-corrected chi connectivity index (χ3v) is 6.01. The summed E-state index contributed by atoms with van der Waals surface area (Å²) in [7, 11) is 0. The largest absolute Gasteiger partial charge is 0.484 e. The van der Waals surface area contributed by atoms with Crippen LogP contribution in [0.3, 0.4) is 0 Å². The van der Waals surface area contributed by atoms with Gasteiger partial charge in [-0.25, -0.2) is 0 Å². The quantitative estimate of drug-likeness (QED) is 0.784. The van der Waals surface area contributed by atoms with Crippen molar-refractivity contribution in [2.45, 2.75) is 25.8 Å². The molecule has 0 saturated carbocycles. The molecule has 0 radical (unpaired) electrons. The Balaban J connectivity index is 1.32. The van der Waals surface area contributed by atoms with Gasteiger partial charge in [0.25, 0.3) is 5.91 Å². The van der Waals surface area contributed by atoms with E-state index < -0.39 is 0 Å². The Bertz CT molecular complexity index is 828. The minimum absolute atomic E-state index is 0.0232. The molecule has 0 aliphatic carbocycles. The fraction of sp³-hybridized carbons (Fsp3) is 0.435. The molecule has 0 spiro atoms. The van der Waals surface area contributed by atoms with Gasteiger partial charge in [0.05, 0.1) is 0 Å². The number of ether oxygens (including phenoxy) is 1. The molecule has 1 aromatic carbocycles. The molecular weight excluding hydrogens is 366 g/mol. The molecule has 6 heteroatoms. The van der Waals surface area contributed by atoms with E-state index in [1.165, 1.54) is 0 Å². The summed E-state index contributed by atoms with van der Waals surface area (Å²) >= 11 is 0. The third-order valence-electron chi connectivity index (χ3n) is 6.01. The van der Waals surface area contributed by atoms with Crippen LogP contribution >= 0.6 is 0 Å². The summed E-state index contributed by atoms with van der Waals surface area (Å²) in [5.41, 5.74) is 1.06. The molecule has 2 unspecified atom stereocenters. The van der Waals surface area contributed by atoms with Gasteiger partial charge in [0.2, 0.25) is 5.91 Å². The van der Waals surface area contributed by atoms with Gasteiger partial charge in [0, 0.05) is 45.0 Å². The number of rotatable bonds is 5. The minimum atomic E-state index is 0.0232. The van der Waals surface area contributed by atoms with Crippen molar-refractivity contribution in [1.82, 2.24) is 14.8 Å². The second kappa shape index (κ2) is 9.07. The zero-order chi connectivity index (χ0) is 20.1. The highest BCUT2D eigenvalue weighted by molar-refractivity contribution is 5.78. The van der Waals surface area contributed by atoms with E-state index in [1.807, 2.05) is 58.5 Å². The molecule has 1 aromatic heterocycles. The molecule has 2 aliphatic rings. The number of likely N-dealkylation sites (tertiary alicyclic amines) is 2. The average molecular weight is 393 g/mol. The van der Waals surface area contributed by atoms with Gasteiger partial charge in [-0.2, -0.15) is 0 Å². The van der Waals surface area contributed by atoms with Crippen molar-refractivity contribution in [3.05, 3.63) is 60.4 Å². The van der Waals surface area contributed by atoms with Gasteiger partial charge in [0.1, 0.15) is 5.75 Å². The van der Waals surface area contributed by atoms with Crippen molar-refractivity contribution in [2.24, 2.45) is 11.8 Å². The number of hydrogen-bond acceptors (Lipinski definition) is 4. The Labute approximate surface area is 171 Å². The van der Waals surface area contributed by atoms with Gasteiger partial charge in [-0.1, -0.05) is 24.3 Å². The number of aromatic nitrogens is 1. The molecule has 3 heterocycles. The first-order chi connectivity index (χ1) is 14.2. The SMILES string of the molecule is O=C1CC2CCN(C(=O)COc3ccccc3)CC2CCN1Cc1cccnc1. The summed E-state index contributed by atoms with van der Waals surface area (Å²) in [6.07, 6.45) is 5.95. The van der Waals surface area contributed by atoms with E-state index in [2.05, 4.69) is 4.98 Å². The molecular formula is C23H27N3O3. The predicted octanol–water partition coefficient (Wildman–Crippen LogP) is 2.75. The van der Waals surface area contributed by atoms with Crippen molar-refractivity contribution in [3.8, 4) is 5.75 Å². The zero-order valence-corrected chi connectivity index (χ0v) is 16.6. The Morgan fingerprint density at radius 1 is 1.07 bits per heavy atom. The molecule has 2 saturated heterocycles. The monoisotopic (exact) mass is 393 g/mol. The highest BCUT2D eigenvalue weighted by atomic mass is 16.5. The lowest BCUT2D eigenvalue weighted by Crippen LogP contribution is -2.45. The van der Waals surface area contributed by atoms with Crippen LogP contribution in [0, 0.1) is 11.8 Å². The molecule has 0 N–H and O–H groups in total. The van der Waals surface area contributed by atoms with E-state index in [9.17, 15) is 9.59 Å². The number of amides is 2. The molecule has 29 heavy (non-hydrogen) atoms. The maximum atomic E-state index is 12.8. The molecule has 2 aromatic rings. The van der Waals surface area contributed by atoms with Crippen molar-refractivity contribution >= 4 is 11.8 Å². The summed E-state index contributed by atoms with van der Waals surface area (Å²) in [6, 6.07) is 13.3. The van der Waals surface area contributed by atoms with E-state index in [0.29, 0.717) is 37.1 Å². The number of hydrogen-bond donors (Lipinski definition) is 0. The van der Waals surface area contributed by atoms with E-state index in [-0.39, 0.29) is 18.4 Å². The van der Waals surface area contributed by atoms with Crippen molar-refractivity contribution in [2.75, 3.05) is 26.2 Å². The minimum Gasteiger partial charge on any atom is -0.484 e. The van der Waals surface area contributed by atoms with Gasteiger partial charge >= 0.3 is 0 Å². The second-order valence-electron chi connectivity index (χ2n) is 7.92. The first kappa shape index (κ1) is 19.4. The van der Waals surface area contributed by atoms with Gasteiger partial charge in [0.15, 0.2) is 6.61 Å². The van der Waals surface area contributed by atoms with E-state index >= 15 is 0 Å². The molecule has 0 bridgehead atoms. The zero-order valence-electron chi connectivity index (χ0n) is 16.6. The van der Waals surface area contributed by atoms with E-state index in [4.69, 9.17) is 4.74 Å². The lowest BCUT2D eigenvalue weighted by Gasteiger charge is -2.37. The van der Waals surface area contributed by atoms with Crippen LogP contribution in [0.15, 0.2) is 54.9 Å². The maximum Gasteiger partial charge on any atom is 0.260 e. The standard InChI is InChI=1S/C23H27N3O3/c27-22-13-19-8-11-26(23(28)17-29-21-6-2-1-3-7-21)16-20(19)9-12-25(22)15-18-5-4-10-24-14-18/h1-7,10,14,19-20H,8-9,11-13,15-17H2. The maximum absolute atomic E-state index is 12.8. The van der Waals surface area contributed by atoms with Crippen LogP contribution in [0.1, 0.15) is 24.8 Å². The number of carbonyl (C=O) groups is 2. The predicted molar refractivity (Wildman–Crippen MR) is 109 cm³/mol. The fourth-order valence-electron chi connectivity index (χ4n) is 4.34. The summed E-state index contributed by atoms with van der Waals surface area (Å²) in [6.45, 7) is 2.83. The summed E-state index contributed by atoms with van der Waals surface area (Å²) in [5.74, 6) is 1.68. The topological polar surface area (TPSA) is 62.7 Å². The third kappa shape index (κ3) is 4.94. The van der Waals surface area contributed by atoms with E-state index in [1.54, 1.807) is 6.20 Å². The number of para-hydroxylation sites is 1. The number of piperidine rings is 1. The number of carbonyl (C=O) groups excluding carboxylic acids is 2. The number of benzene rings is 1. The lowest BCUT2D eigenvalue weighted by molar-refractivity contribution is -0.136. The van der Waals surface area contributed by atoms with Gasteiger partial charge in [-0.15, -0.1) is 0 Å². The van der Waals surface area contributed by atoms with Crippen LogP contribution in [0.4, 0.5) is 0 Å². The van der Waals surface area contributed by atoms with Crippen LogP contribution in [-0.4, -0.2) is 52.8 Å². The molecule has 2 aliphatic heterocycles. The molecule has 152 valence electrons. The van der Waals surface area contributed by atoms with Crippen molar-refractivity contribution in [1.29, 1.82) is 0 Å². The number of pyridine rings is 1. The highest BCUT2D eigenvalue weighted by Gasteiger charge is 2.36. The smallest absolute Gasteiger partial charge is 0.260 e. The average Bonchev–Trinajstić information content (AvgIpc) is 2.91. The summed E-state index contributed by atoms with van der Waals surface area (Å²) in [4.78, 5) is 33.4. The Kier molecular flexibility index (Phi) is 6.08. The van der Waals surface area contributed by atoms with Crippen LogP contribution < -0.4 is 4.74 Å². The van der Waals surface area contributed by atoms with Crippen molar-refractivity contribution in [3.63, 3.8) is 0 Å². The second-order valence-corrected chi connectivity index (χ2v) is 7.92. The fourth-order valence-corrected chi connectivity index (χ4v) is 4.34. The van der Waals surface area contributed by atoms with Crippen LogP contribution in [0.2, 0.25) is 0 Å². The van der Waals surface area contributed by atoms with Crippen LogP contribution in [0.25, 0.3) is 0 Å².